The second-order valence-corrected chi connectivity index (χ2v) is 17.9. The molecule has 0 spiro atoms. The lowest BCUT2D eigenvalue weighted by atomic mass is 9.94. The van der Waals surface area contributed by atoms with Crippen molar-refractivity contribution in [3.05, 3.63) is 18.7 Å². The number of hydrogen-bond donors (Lipinski definition) is 1. The molecule has 0 bridgehead atoms. The van der Waals surface area contributed by atoms with E-state index in [9.17, 15) is 14.7 Å². The van der Waals surface area contributed by atoms with Crippen molar-refractivity contribution in [2.24, 2.45) is 11.8 Å². The molecule has 354 valence electrons. The van der Waals surface area contributed by atoms with Crippen molar-refractivity contribution in [1.82, 2.24) is 14.5 Å². The Morgan fingerprint density at radius 3 is 1.63 bits per heavy atom. The summed E-state index contributed by atoms with van der Waals surface area (Å²) >= 11 is 0. The molecule has 1 N–H and O–H groups in total. The molecular weight excluding hydrogens is 747 g/mol. The van der Waals surface area contributed by atoms with Crippen molar-refractivity contribution in [1.29, 1.82) is 0 Å². The van der Waals surface area contributed by atoms with Crippen molar-refractivity contribution >= 4 is 11.9 Å². The highest BCUT2D eigenvalue weighted by Crippen LogP contribution is 2.22. The summed E-state index contributed by atoms with van der Waals surface area (Å²) < 4.78 is 13.3. The minimum atomic E-state index is -0.274. The zero-order chi connectivity index (χ0) is 44.2. The van der Waals surface area contributed by atoms with Crippen LogP contribution in [-0.4, -0.2) is 70.4 Å². The number of rotatable bonds is 43. The fourth-order valence-corrected chi connectivity index (χ4v) is 7.87. The predicted octanol–water partition coefficient (Wildman–Crippen LogP) is 14.5. The van der Waals surface area contributed by atoms with E-state index < -0.39 is 0 Å². The molecule has 3 atom stereocenters. The van der Waals surface area contributed by atoms with Gasteiger partial charge in [-0.15, -0.1) is 0 Å². The first-order chi connectivity index (χ1) is 29.3. The average molecular weight is 848 g/mol. The highest BCUT2D eigenvalue weighted by Gasteiger charge is 2.19. The van der Waals surface area contributed by atoms with Gasteiger partial charge < -0.3 is 24.0 Å². The first kappa shape index (κ1) is 58.1. The highest BCUT2D eigenvalue weighted by molar-refractivity contribution is 5.72. The fourth-order valence-electron chi connectivity index (χ4n) is 7.87. The van der Waals surface area contributed by atoms with Gasteiger partial charge in [0.2, 0.25) is 0 Å². The minimum Gasteiger partial charge on any atom is -0.465 e. The first-order valence-electron chi connectivity index (χ1n) is 26.0. The normalized spacial score (nSPS) is 12.9. The van der Waals surface area contributed by atoms with Crippen molar-refractivity contribution < 1.29 is 24.2 Å². The molecule has 0 fully saturated rings. The standard InChI is InChI=1S/C32H61N3O3.C20H40O2/c1-4-7-9-11-12-15-20-30(19-14-10-8-5-2)28-38-32(37)21-16-13-17-23-34(27-31(36)6-3)24-18-25-35-26-22-33-29-35;1-4-7-10-12-13-15-17-19(16-14-11-8-5-2)20(21)22-18-9-6-3/h22,26,29-31,36H,4-21,23-25,27-28H2,1-3H3;19H,4-18H2,1-3H3. The van der Waals surface area contributed by atoms with E-state index in [0.717, 1.165) is 84.0 Å². The number of esters is 2. The van der Waals surface area contributed by atoms with E-state index in [2.05, 4.69) is 49.1 Å². The van der Waals surface area contributed by atoms with Crippen LogP contribution in [0.25, 0.3) is 0 Å². The first-order valence-corrected chi connectivity index (χ1v) is 26.0. The van der Waals surface area contributed by atoms with Gasteiger partial charge in [-0.1, -0.05) is 183 Å². The number of hydrogen-bond acceptors (Lipinski definition) is 7. The molecule has 0 radical (unpaired) electrons. The molecule has 0 saturated heterocycles. The fraction of sp³-hybridized carbons (Fsp3) is 0.904. The van der Waals surface area contributed by atoms with E-state index >= 15 is 0 Å². The monoisotopic (exact) mass is 848 g/mol. The Bertz CT molecular complexity index is 1020. The Hall–Kier alpha value is -1.93. The lowest BCUT2D eigenvalue weighted by molar-refractivity contribution is -0.149. The SMILES string of the molecule is CCCCCCCCC(CCCCCC)C(=O)OCCCC.CCCCCCCCC(CCCCCC)COC(=O)CCCCCN(CCCn1ccnc1)CC(O)CC. The van der Waals surface area contributed by atoms with Gasteiger partial charge in [-0.05, 0) is 76.8 Å². The zero-order valence-corrected chi connectivity index (χ0v) is 40.8. The summed E-state index contributed by atoms with van der Waals surface area (Å²) in [6.07, 6.45) is 43.0. The van der Waals surface area contributed by atoms with E-state index in [1.165, 1.54) is 141 Å². The minimum absolute atomic E-state index is 0.0231. The molecule has 0 saturated carbocycles. The van der Waals surface area contributed by atoms with Gasteiger partial charge in [0.1, 0.15) is 0 Å². The molecule has 8 nitrogen and oxygen atoms in total. The van der Waals surface area contributed by atoms with Crippen LogP contribution in [0, 0.1) is 11.8 Å². The summed E-state index contributed by atoms with van der Waals surface area (Å²) in [5, 5.41) is 10.2. The number of ether oxygens (including phenoxy) is 2. The van der Waals surface area contributed by atoms with Crippen LogP contribution < -0.4 is 0 Å². The molecule has 1 aromatic rings. The van der Waals surface area contributed by atoms with Gasteiger partial charge >= 0.3 is 11.9 Å². The molecule has 0 aliphatic rings. The van der Waals surface area contributed by atoms with Gasteiger partial charge in [0.05, 0.1) is 31.6 Å². The number of unbranched alkanes of at least 4 members (excludes halogenated alkanes) is 19. The Balaban J connectivity index is 0.00000135. The number of carbonyl (C=O) groups excluding carboxylic acids is 2. The summed E-state index contributed by atoms with van der Waals surface area (Å²) in [5.41, 5.74) is 0. The molecule has 0 aliphatic carbocycles. The third kappa shape index (κ3) is 37.8. The van der Waals surface area contributed by atoms with E-state index in [4.69, 9.17) is 9.47 Å². The molecule has 0 amide bonds. The maximum Gasteiger partial charge on any atom is 0.308 e. The lowest BCUT2D eigenvalue weighted by Gasteiger charge is -2.24. The molecule has 0 aromatic carbocycles. The van der Waals surface area contributed by atoms with E-state index in [-0.39, 0.29) is 24.0 Å². The molecular formula is C52H101N3O5. The van der Waals surface area contributed by atoms with Crippen molar-refractivity contribution in [3.63, 3.8) is 0 Å². The lowest BCUT2D eigenvalue weighted by Crippen LogP contribution is -2.34. The summed E-state index contributed by atoms with van der Waals surface area (Å²) in [5.74, 6) is 0.728. The Labute approximate surface area is 372 Å². The average Bonchev–Trinajstić information content (AvgIpc) is 3.78. The third-order valence-corrected chi connectivity index (χ3v) is 12.0. The van der Waals surface area contributed by atoms with Crippen molar-refractivity contribution in [2.75, 3.05) is 32.8 Å². The number of aryl methyl sites for hydroxylation is 1. The summed E-state index contributed by atoms with van der Waals surface area (Å²) in [6, 6.07) is 0. The van der Waals surface area contributed by atoms with Gasteiger partial charge in [0, 0.05) is 31.9 Å². The number of imidazole rings is 1. The quantitative estimate of drug-likeness (QED) is 0.0517. The van der Waals surface area contributed by atoms with Crippen LogP contribution in [0.15, 0.2) is 18.7 Å². The van der Waals surface area contributed by atoms with Crippen LogP contribution >= 0.6 is 0 Å². The second-order valence-electron chi connectivity index (χ2n) is 17.9. The molecule has 0 aliphatic heterocycles. The Morgan fingerprint density at radius 1 is 0.600 bits per heavy atom. The van der Waals surface area contributed by atoms with Gasteiger partial charge in [-0.25, -0.2) is 4.98 Å². The molecule has 60 heavy (non-hydrogen) atoms. The topological polar surface area (TPSA) is 93.9 Å². The van der Waals surface area contributed by atoms with Crippen LogP contribution in [-0.2, 0) is 25.6 Å². The Kier molecular flexibility index (Phi) is 43.7. The van der Waals surface area contributed by atoms with Crippen LogP contribution in [0.4, 0.5) is 0 Å². The van der Waals surface area contributed by atoms with Crippen LogP contribution in [0.2, 0.25) is 0 Å². The third-order valence-electron chi connectivity index (χ3n) is 12.0. The van der Waals surface area contributed by atoms with Crippen LogP contribution in [0.5, 0.6) is 0 Å². The Morgan fingerprint density at radius 2 is 1.10 bits per heavy atom. The summed E-state index contributed by atoms with van der Waals surface area (Å²) in [4.78, 5) is 31.1. The summed E-state index contributed by atoms with van der Waals surface area (Å²) in [7, 11) is 0. The van der Waals surface area contributed by atoms with Gasteiger partial charge in [0.25, 0.3) is 0 Å². The van der Waals surface area contributed by atoms with Crippen LogP contribution in [0.1, 0.15) is 247 Å². The number of aliphatic hydroxyl groups excluding tert-OH is 1. The smallest absolute Gasteiger partial charge is 0.308 e. The van der Waals surface area contributed by atoms with E-state index in [1.54, 1.807) is 0 Å². The molecule has 1 heterocycles. The summed E-state index contributed by atoms with van der Waals surface area (Å²) in [6.45, 7) is 18.0. The molecule has 1 rings (SSSR count). The highest BCUT2D eigenvalue weighted by atomic mass is 16.5. The van der Waals surface area contributed by atoms with Crippen LogP contribution in [0.3, 0.4) is 0 Å². The van der Waals surface area contributed by atoms with E-state index in [0.29, 0.717) is 25.6 Å². The van der Waals surface area contributed by atoms with Gasteiger partial charge in [-0.3, -0.25) is 9.59 Å². The largest absolute Gasteiger partial charge is 0.465 e. The number of aliphatic hydroxyl groups is 1. The number of carbonyl (C=O) groups is 2. The maximum atomic E-state index is 12.4. The van der Waals surface area contributed by atoms with Crippen molar-refractivity contribution in [3.8, 4) is 0 Å². The zero-order valence-electron chi connectivity index (χ0n) is 40.8. The maximum absolute atomic E-state index is 12.4. The van der Waals surface area contributed by atoms with Gasteiger partial charge in [-0.2, -0.15) is 0 Å². The predicted molar refractivity (Wildman–Crippen MR) is 255 cm³/mol. The number of nitrogens with zero attached hydrogens (tertiary/aromatic N) is 3. The molecule has 1 aromatic heterocycles. The van der Waals surface area contributed by atoms with Gasteiger partial charge in [0.15, 0.2) is 0 Å². The number of aromatic nitrogens is 2. The molecule has 8 heteroatoms. The van der Waals surface area contributed by atoms with Crippen molar-refractivity contribution in [2.45, 2.75) is 260 Å². The molecule has 3 unspecified atom stereocenters. The second kappa shape index (κ2) is 45.1. The van der Waals surface area contributed by atoms with E-state index in [1.807, 2.05) is 25.6 Å².